The highest BCUT2D eigenvalue weighted by molar-refractivity contribution is 9.10. The molecule has 0 spiro atoms. The van der Waals surface area contributed by atoms with Gasteiger partial charge >= 0.3 is 0 Å². The third-order valence-electron chi connectivity index (χ3n) is 3.65. The molecule has 110 valence electrons. The highest BCUT2D eigenvalue weighted by Crippen LogP contribution is 2.37. The van der Waals surface area contributed by atoms with Crippen LogP contribution in [0.2, 0.25) is 0 Å². The number of nitrogens with zero attached hydrogens (tertiary/aromatic N) is 1. The molecule has 1 aromatic rings. The summed E-state index contributed by atoms with van der Waals surface area (Å²) in [4.78, 5) is 14.1. The minimum Gasteiger partial charge on any atom is -0.329 e. The predicted octanol–water partition coefficient (Wildman–Crippen LogP) is 3.38. The molecule has 2 atom stereocenters. The van der Waals surface area contributed by atoms with Crippen molar-refractivity contribution in [2.24, 2.45) is 5.73 Å². The fourth-order valence-electron chi connectivity index (χ4n) is 2.80. The molecule has 0 bridgehead atoms. The third-order valence-corrected chi connectivity index (χ3v) is 4.29. The van der Waals surface area contributed by atoms with E-state index in [1.54, 1.807) is 11.0 Å². The van der Waals surface area contributed by atoms with Gasteiger partial charge in [-0.25, -0.2) is 4.39 Å². The van der Waals surface area contributed by atoms with Gasteiger partial charge in [-0.2, -0.15) is 0 Å². The number of piperidine rings is 1. The Bertz CT molecular complexity index is 527. The topological polar surface area (TPSA) is 46.3 Å². The molecule has 3 nitrogen and oxygen atoms in total. The van der Waals surface area contributed by atoms with Crippen LogP contribution in [-0.2, 0) is 4.79 Å². The summed E-state index contributed by atoms with van der Waals surface area (Å²) in [6.45, 7) is 5.93. The average Bonchev–Trinajstić information content (AvgIpc) is 2.34. The minimum absolute atomic E-state index is 0.0764. The minimum atomic E-state index is -0.344. The zero-order valence-electron chi connectivity index (χ0n) is 12.0. The maximum Gasteiger partial charge on any atom is 0.223 e. The standard InChI is InChI=1S/C15H20BrFN2O/c1-15(2,3)19-13(20)7-6-12(18)14(19)9-4-5-10(16)11(17)8-9/h4-5,8,12,14H,6-7,18H2,1-3H3. The van der Waals surface area contributed by atoms with Gasteiger partial charge in [0.25, 0.3) is 0 Å². The van der Waals surface area contributed by atoms with Crippen molar-refractivity contribution in [3.05, 3.63) is 34.1 Å². The van der Waals surface area contributed by atoms with Crippen LogP contribution in [0.15, 0.2) is 22.7 Å². The number of benzene rings is 1. The van der Waals surface area contributed by atoms with E-state index < -0.39 is 0 Å². The molecule has 20 heavy (non-hydrogen) atoms. The van der Waals surface area contributed by atoms with Crippen LogP contribution < -0.4 is 5.73 Å². The summed E-state index contributed by atoms with van der Waals surface area (Å²) < 4.78 is 14.2. The molecule has 1 aliphatic heterocycles. The molecule has 1 fully saturated rings. The Morgan fingerprint density at radius 3 is 2.60 bits per heavy atom. The summed E-state index contributed by atoms with van der Waals surface area (Å²) in [6.07, 6.45) is 1.09. The zero-order valence-corrected chi connectivity index (χ0v) is 13.6. The largest absolute Gasteiger partial charge is 0.329 e. The van der Waals surface area contributed by atoms with Gasteiger partial charge < -0.3 is 10.6 Å². The molecule has 1 amide bonds. The normalized spacial score (nSPS) is 24.1. The number of hydrogen-bond donors (Lipinski definition) is 1. The van der Waals surface area contributed by atoms with E-state index in [2.05, 4.69) is 15.9 Å². The number of likely N-dealkylation sites (tertiary alicyclic amines) is 1. The number of nitrogens with two attached hydrogens (primary N) is 1. The second kappa shape index (κ2) is 5.45. The Morgan fingerprint density at radius 1 is 1.40 bits per heavy atom. The fraction of sp³-hybridized carbons (Fsp3) is 0.533. The first-order valence-corrected chi connectivity index (χ1v) is 7.54. The maximum absolute atomic E-state index is 13.8. The molecule has 1 aromatic carbocycles. The number of rotatable bonds is 1. The lowest BCUT2D eigenvalue weighted by Crippen LogP contribution is -2.56. The Kier molecular flexibility index (Phi) is 4.21. The zero-order chi connectivity index (χ0) is 15.1. The SMILES string of the molecule is CC(C)(C)N1C(=O)CCC(N)C1c1ccc(Br)c(F)c1. The summed E-state index contributed by atoms with van der Waals surface area (Å²) >= 11 is 3.15. The van der Waals surface area contributed by atoms with Crippen molar-refractivity contribution in [1.29, 1.82) is 0 Å². The first kappa shape index (κ1) is 15.4. The van der Waals surface area contributed by atoms with Gasteiger partial charge in [-0.1, -0.05) is 6.07 Å². The molecule has 1 saturated heterocycles. The molecule has 1 aliphatic rings. The van der Waals surface area contributed by atoms with Crippen molar-refractivity contribution in [3.63, 3.8) is 0 Å². The van der Waals surface area contributed by atoms with Gasteiger partial charge in [-0.15, -0.1) is 0 Å². The first-order valence-electron chi connectivity index (χ1n) is 6.74. The van der Waals surface area contributed by atoms with E-state index in [-0.39, 0.29) is 29.3 Å². The molecule has 0 aromatic heterocycles. The molecule has 2 N–H and O–H groups in total. The van der Waals surface area contributed by atoms with Crippen LogP contribution in [0.1, 0.15) is 45.2 Å². The maximum atomic E-state index is 13.8. The molecule has 2 unspecified atom stereocenters. The summed E-state index contributed by atoms with van der Waals surface area (Å²) in [6, 6.07) is 4.50. The van der Waals surface area contributed by atoms with Gasteiger partial charge in [-0.05, 0) is 60.8 Å². The smallest absolute Gasteiger partial charge is 0.223 e. The van der Waals surface area contributed by atoms with Crippen LogP contribution in [-0.4, -0.2) is 22.4 Å². The predicted molar refractivity (Wildman–Crippen MR) is 80.6 cm³/mol. The van der Waals surface area contributed by atoms with Gasteiger partial charge in [0.05, 0.1) is 10.5 Å². The lowest BCUT2D eigenvalue weighted by atomic mass is 9.86. The van der Waals surface area contributed by atoms with E-state index in [1.807, 2.05) is 26.8 Å². The molecule has 1 heterocycles. The highest BCUT2D eigenvalue weighted by atomic mass is 79.9. The van der Waals surface area contributed by atoms with Crippen LogP contribution in [0.4, 0.5) is 4.39 Å². The van der Waals surface area contributed by atoms with E-state index in [0.29, 0.717) is 17.3 Å². The van der Waals surface area contributed by atoms with Crippen LogP contribution >= 0.6 is 15.9 Å². The van der Waals surface area contributed by atoms with Crippen LogP contribution in [0.25, 0.3) is 0 Å². The molecule has 0 aliphatic carbocycles. The number of carbonyl (C=O) groups is 1. The monoisotopic (exact) mass is 342 g/mol. The van der Waals surface area contributed by atoms with Crippen molar-refractivity contribution in [1.82, 2.24) is 4.90 Å². The van der Waals surface area contributed by atoms with Gasteiger partial charge in [-0.3, -0.25) is 4.79 Å². The second-order valence-corrected chi connectivity index (χ2v) is 7.11. The Hall–Kier alpha value is -0.940. The van der Waals surface area contributed by atoms with Gasteiger partial charge in [0.1, 0.15) is 5.82 Å². The third kappa shape index (κ3) is 2.88. The number of amides is 1. The van der Waals surface area contributed by atoms with Crippen molar-refractivity contribution in [3.8, 4) is 0 Å². The van der Waals surface area contributed by atoms with E-state index in [9.17, 15) is 9.18 Å². The van der Waals surface area contributed by atoms with E-state index in [0.717, 1.165) is 5.56 Å². The van der Waals surface area contributed by atoms with E-state index in [4.69, 9.17) is 5.73 Å². The summed E-state index contributed by atoms with van der Waals surface area (Å²) in [5.41, 5.74) is 6.63. The van der Waals surface area contributed by atoms with E-state index >= 15 is 0 Å². The average molecular weight is 343 g/mol. The number of carbonyl (C=O) groups excluding carboxylic acids is 1. The number of halogens is 2. The Balaban J connectivity index is 2.47. The Labute approximate surface area is 127 Å². The van der Waals surface area contributed by atoms with Gasteiger partial charge in [0.2, 0.25) is 5.91 Å². The van der Waals surface area contributed by atoms with Crippen LogP contribution in [0.5, 0.6) is 0 Å². The van der Waals surface area contributed by atoms with Crippen molar-refractivity contribution < 1.29 is 9.18 Å². The van der Waals surface area contributed by atoms with E-state index in [1.165, 1.54) is 6.07 Å². The fourth-order valence-corrected chi connectivity index (χ4v) is 3.05. The van der Waals surface area contributed by atoms with Gasteiger partial charge in [0, 0.05) is 18.0 Å². The van der Waals surface area contributed by atoms with Crippen molar-refractivity contribution in [2.45, 2.75) is 51.2 Å². The second-order valence-electron chi connectivity index (χ2n) is 6.26. The van der Waals surface area contributed by atoms with Gasteiger partial charge in [0.15, 0.2) is 0 Å². The van der Waals surface area contributed by atoms with Crippen molar-refractivity contribution >= 4 is 21.8 Å². The summed E-state index contributed by atoms with van der Waals surface area (Å²) in [5, 5.41) is 0. The number of hydrogen-bond acceptors (Lipinski definition) is 2. The van der Waals surface area contributed by atoms with Crippen molar-refractivity contribution in [2.75, 3.05) is 0 Å². The molecule has 0 radical (unpaired) electrons. The highest BCUT2D eigenvalue weighted by Gasteiger charge is 2.40. The molecule has 2 rings (SSSR count). The Morgan fingerprint density at radius 2 is 2.05 bits per heavy atom. The van der Waals surface area contributed by atoms with Crippen LogP contribution in [0.3, 0.4) is 0 Å². The summed E-state index contributed by atoms with van der Waals surface area (Å²) in [5.74, 6) is -0.255. The molecule has 0 saturated carbocycles. The lowest BCUT2D eigenvalue weighted by molar-refractivity contribution is -0.144. The van der Waals surface area contributed by atoms with Crippen LogP contribution in [0, 0.1) is 5.82 Å². The summed E-state index contributed by atoms with van der Waals surface area (Å²) in [7, 11) is 0. The quantitative estimate of drug-likeness (QED) is 0.850. The first-order chi connectivity index (χ1) is 9.21. The molecular weight excluding hydrogens is 323 g/mol. The molecule has 5 heteroatoms. The lowest BCUT2D eigenvalue weighted by Gasteiger charge is -2.47. The molecular formula is C15H20BrFN2O.